The Morgan fingerprint density at radius 1 is 1.25 bits per heavy atom. The Labute approximate surface area is 122 Å². The monoisotopic (exact) mass is 271 g/mol. The standard InChI is InChI=1S/C17H25N3/c1-4-10-19-17(9-12-20(2)3)16-7-5-6-14-13-18-11-8-15(14)16/h5-8,11,13,17,19H,4,9-10,12H2,1-3H3. The average molecular weight is 271 g/mol. The van der Waals surface area contributed by atoms with E-state index in [0.717, 1.165) is 25.9 Å². The topological polar surface area (TPSA) is 28.2 Å². The van der Waals surface area contributed by atoms with Crippen molar-refractivity contribution in [1.82, 2.24) is 15.2 Å². The first-order chi connectivity index (χ1) is 9.72. The minimum atomic E-state index is 0.406. The first-order valence-corrected chi connectivity index (χ1v) is 7.43. The van der Waals surface area contributed by atoms with E-state index < -0.39 is 0 Å². The van der Waals surface area contributed by atoms with Gasteiger partial charge in [-0.25, -0.2) is 0 Å². The Bertz CT molecular complexity index is 531. The molecule has 1 aromatic carbocycles. The number of pyridine rings is 1. The zero-order valence-electron chi connectivity index (χ0n) is 12.8. The largest absolute Gasteiger partial charge is 0.310 e. The molecule has 0 aliphatic carbocycles. The molecule has 0 bridgehead atoms. The summed E-state index contributed by atoms with van der Waals surface area (Å²) in [5.41, 5.74) is 1.39. The fraction of sp³-hybridized carbons (Fsp3) is 0.471. The molecule has 1 unspecified atom stereocenters. The van der Waals surface area contributed by atoms with Gasteiger partial charge in [-0.15, -0.1) is 0 Å². The Morgan fingerprint density at radius 2 is 2.10 bits per heavy atom. The van der Waals surface area contributed by atoms with Crippen molar-refractivity contribution in [3.05, 3.63) is 42.2 Å². The predicted molar refractivity (Wildman–Crippen MR) is 85.9 cm³/mol. The number of benzene rings is 1. The van der Waals surface area contributed by atoms with Gasteiger partial charge in [0, 0.05) is 23.8 Å². The average Bonchev–Trinajstić information content (AvgIpc) is 2.47. The van der Waals surface area contributed by atoms with Gasteiger partial charge in [-0.3, -0.25) is 4.98 Å². The van der Waals surface area contributed by atoms with Crippen LogP contribution in [0, 0.1) is 0 Å². The molecule has 0 amide bonds. The van der Waals surface area contributed by atoms with Crippen LogP contribution in [0.15, 0.2) is 36.7 Å². The highest BCUT2D eigenvalue weighted by atomic mass is 15.1. The van der Waals surface area contributed by atoms with Gasteiger partial charge in [-0.05, 0) is 57.0 Å². The second-order valence-electron chi connectivity index (χ2n) is 5.54. The molecule has 2 aromatic rings. The smallest absolute Gasteiger partial charge is 0.0346 e. The molecule has 3 nitrogen and oxygen atoms in total. The molecule has 0 aliphatic rings. The van der Waals surface area contributed by atoms with E-state index in [1.165, 1.54) is 16.3 Å². The molecule has 1 atom stereocenters. The maximum absolute atomic E-state index is 4.22. The minimum Gasteiger partial charge on any atom is -0.310 e. The number of nitrogens with one attached hydrogen (secondary N) is 1. The molecule has 1 heterocycles. The van der Waals surface area contributed by atoms with Crippen LogP contribution in [0.1, 0.15) is 31.4 Å². The van der Waals surface area contributed by atoms with Crippen molar-refractivity contribution in [3.8, 4) is 0 Å². The Morgan fingerprint density at radius 3 is 2.85 bits per heavy atom. The highest BCUT2D eigenvalue weighted by Crippen LogP contribution is 2.25. The summed E-state index contributed by atoms with van der Waals surface area (Å²) >= 11 is 0. The highest BCUT2D eigenvalue weighted by molar-refractivity contribution is 5.85. The number of hydrogen-bond acceptors (Lipinski definition) is 3. The van der Waals surface area contributed by atoms with Crippen molar-refractivity contribution >= 4 is 10.8 Å². The first-order valence-electron chi connectivity index (χ1n) is 7.43. The fourth-order valence-electron chi connectivity index (χ4n) is 2.52. The molecule has 2 rings (SSSR count). The van der Waals surface area contributed by atoms with Gasteiger partial charge in [-0.2, -0.15) is 0 Å². The lowest BCUT2D eigenvalue weighted by atomic mass is 9.97. The van der Waals surface area contributed by atoms with Crippen LogP contribution in [0.25, 0.3) is 10.8 Å². The zero-order valence-corrected chi connectivity index (χ0v) is 12.8. The zero-order chi connectivity index (χ0) is 14.4. The number of rotatable bonds is 7. The van der Waals surface area contributed by atoms with Crippen LogP contribution in [0.2, 0.25) is 0 Å². The van der Waals surface area contributed by atoms with Gasteiger partial charge in [-0.1, -0.05) is 25.1 Å². The SMILES string of the molecule is CCCNC(CCN(C)C)c1cccc2cnccc12. The Hall–Kier alpha value is -1.45. The van der Waals surface area contributed by atoms with Crippen LogP contribution in [0.5, 0.6) is 0 Å². The van der Waals surface area contributed by atoms with Crippen molar-refractivity contribution in [1.29, 1.82) is 0 Å². The second-order valence-corrected chi connectivity index (χ2v) is 5.54. The van der Waals surface area contributed by atoms with Gasteiger partial charge in [0.1, 0.15) is 0 Å². The molecule has 20 heavy (non-hydrogen) atoms. The molecule has 1 aromatic heterocycles. The summed E-state index contributed by atoms with van der Waals surface area (Å²) in [6.45, 7) is 4.35. The lowest BCUT2D eigenvalue weighted by molar-refractivity contribution is 0.362. The lowest BCUT2D eigenvalue weighted by Gasteiger charge is -2.22. The highest BCUT2D eigenvalue weighted by Gasteiger charge is 2.13. The van der Waals surface area contributed by atoms with Crippen LogP contribution in [0.4, 0.5) is 0 Å². The number of aromatic nitrogens is 1. The van der Waals surface area contributed by atoms with E-state index in [1.807, 2.05) is 12.4 Å². The molecule has 0 saturated carbocycles. The maximum Gasteiger partial charge on any atom is 0.0346 e. The summed E-state index contributed by atoms with van der Waals surface area (Å²) in [7, 11) is 4.26. The third kappa shape index (κ3) is 3.78. The van der Waals surface area contributed by atoms with Gasteiger partial charge in [0.15, 0.2) is 0 Å². The van der Waals surface area contributed by atoms with E-state index in [0.29, 0.717) is 6.04 Å². The summed E-state index contributed by atoms with van der Waals surface area (Å²) in [4.78, 5) is 6.46. The van der Waals surface area contributed by atoms with Crippen molar-refractivity contribution < 1.29 is 0 Å². The van der Waals surface area contributed by atoms with E-state index >= 15 is 0 Å². The second kappa shape index (κ2) is 7.36. The Kier molecular flexibility index (Phi) is 5.50. The molecule has 0 fully saturated rings. The molecule has 3 heteroatoms. The molecule has 0 spiro atoms. The van der Waals surface area contributed by atoms with Crippen molar-refractivity contribution in [2.24, 2.45) is 0 Å². The van der Waals surface area contributed by atoms with Crippen LogP contribution in [0.3, 0.4) is 0 Å². The van der Waals surface area contributed by atoms with Gasteiger partial charge in [0.25, 0.3) is 0 Å². The number of nitrogens with zero attached hydrogens (tertiary/aromatic N) is 2. The number of hydrogen-bond donors (Lipinski definition) is 1. The van der Waals surface area contributed by atoms with E-state index in [2.05, 4.69) is 60.5 Å². The van der Waals surface area contributed by atoms with Gasteiger partial charge < -0.3 is 10.2 Å². The molecule has 0 saturated heterocycles. The maximum atomic E-state index is 4.22. The summed E-state index contributed by atoms with van der Waals surface area (Å²) in [6.07, 6.45) is 6.11. The van der Waals surface area contributed by atoms with Crippen LogP contribution < -0.4 is 5.32 Å². The third-order valence-electron chi connectivity index (χ3n) is 3.60. The van der Waals surface area contributed by atoms with Crippen molar-refractivity contribution in [3.63, 3.8) is 0 Å². The summed E-state index contributed by atoms with van der Waals surface area (Å²) in [6, 6.07) is 9.04. The van der Waals surface area contributed by atoms with E-state index in [9.17, 15) is 0 Å². The van der Waals surface area contributed by atoms with Crippen LogP contribution in [-0.2, 0) is 0 Å². The summed E-state index contributed by atoms with van der Waals surface area (Å²) < 4.78 is 0. The molecule has 0 radical (unpaired) electrons. The molecule has 1 N–H and O–H groups in total. The quantitative estimate of drug-likeness (QED) is 0.838. The van der Waals surface area contributed by atoms with Crippen molar-refractivity contribution in [2.75, 3.05) is 27.2 Å². The van der Waals surface area contributed by atoms with Crippen LogP contribution in [-0.4, -0.2) is 37.1 Å². The first kappa shape index (κ1) is 14.9. The van der Waals surface area contributed by atoms with E-state index in [1.54, 1.807) is 0 Å². The minimum absolute atomic E-state index is 0.406. The van der Waals surface area contributed by atoms with E-state index in [-0.39, 0.29) is 0 Å². The molecule has 0 aliphatic heterocycles. The van der Waals surface area contributed by atoms with Crippen molar-refractivity contribution in [2.45, 2.75) is 25.8 Å². The Balaban J connectivity index is 2.29. The summed E-state index contributed by atoms with van der Waals surface area (Å²) in [5.74, 6) is 0. The summed E-state index contributed by atoms with van der Waals surface area (Å²) in [5, 5.41) is 6.22. The number of fused-ring (bicyclic) bond motifs is 1. The normalized spacial score (nSPS) is 13.0. The van der Waals surface area contributed by atoms with Crippen LogP contribution >= 0.6 is 0 Å². The van der Waals surface area contributed by atoms with Gasteiger partial charge >= 0.3 is 0 Å². The molecule has 108 valence electrons. The lowest BCUT2D eigenvalue weighted by Crippen LogP contribution is -2.26. The molecular weight excluding hydrogens is 246 g/mol. The van der Waals surface area contributed by atoms with Gasteiger partial charge in [0.2, 0.25) is 0 Å². The molecular formula is C17H25N3. The predicted octanol–water partition coefficient (Wildman–Crippen LogP) is 3.23. The fourth-order valence-corrected chi connectivity index (χ4v) is 2.52. The third-order valence-corrected chi connectivity index (χ3v) is 3.60. The van der Waals surface area contributed by atoms with E-state index in [4.69, 9.17) is 0 Å². The van der Waals surface area contributed by atoms with Gasteiger partial charge in [0.05, 0.1) is 0 Å².